The van der Waals surface area contributed by atoms with Gasteiger partial charge in [0.05, 0.1) is 5.69 Å². The van der Waals surface area contributed by atoms with Crippen LogP contribution in [0.4, 0.5) is 8.78 Å². The largest absolute Gasteiger partial charge is 0.280 e. The molecule has 2 heterocycles. The van der Waals surface area contributed by atoms with Gasteiger partial charge in [0.1, 0.15) is 5.69 Å². The van der Waals surface area contributed by atoms with Crippen molar-refractivity contribution in [2.24, 2.45) is 0 Å². The minimum Gasteiger partial charge on any atom is -0.228 e. The number of fused-ring (bicyclic) bond motifs is 1. The molecule has 3 nitrogen and oxygen atoms in total. The van der Waals surface area contributed by atoms with Crippen LogP contribution < -0.4 is 0 Å². The van der Waals surface area contributed by atoms with E-state index in [0.29, 0.717) is 11.3 Å². The molecule has 0 amide bonds. The van der Waals surface area contributed by atoms with Gasteiger partial charge in [-0.05, 0) is 19.9 Å². The molecule has 2 aromatic rings. The molecule has 0 saturated carbocycles. The van der Waals surface area contributed by atoms with Crippen LogP contribution in [-0.2, 0) is 0 Å². The quantitative estimate of drug-likeness (QED) is 0.702. The average Bonchev–Trinajstić information content (AvgIpc) is 2.45. The van der Waals surface area contributed by atoms with Gasteiger partial charge in [-0.25, -0.2) is 18.3 Å². The summed E-state index contributed by atoms with van der Waals surface area (Å²) < 4.78 is 26.3. The van der Waals surface area contributed by atoms with E-state index in [2.05, 4.69) is 10.1 Å². The Hall–Kier alpha value is -1.52. The summed E-state index contributed by atoms with van der Waals surface area (Å²) in [4.78, 5) is 3.81. The van der Waals surface area contributed by atoms with Crippen LogP contribution in [0.25, 0.3) is 5.65 Å². The maximum Gasteiger partial charge on any atom is 0.280 e. The third-order valence-electron chi connectivity index (χ3n) is 1.97. The Balaban J connectivity index is 2.71. The molecule has 0 atom stereocenters. The number of hydrogen-bond donors (Lipinski definition) is 0. The first kappa shape index (κ1) is 9.05. The van der Waals surface area contributed by atoms with E-state index < -0.39 is 6.43 Å². The van der Waals surface area contributed by atoms with Gasteiger partial charge < -0.3 is 0 Å². The number of hydrogen-bond acceptors (Lipinski definition) is 2. The van der Waals surface area contributed by atoms with E-state index in [1.54, 1.807) is 24.4 Å². The molecule has 0 N–H and O–H groups in total. The zero-order chi connectivity index (χ0) is 10.3. The van der Waals surface area contributed by atoms with E-state index in [0.717, 1.165) is 5.69 Å². The van der Waals surface area contributed by atoms with Crippen molar-refractivity contribution in [3.8, 4) is 0 Å². The highest BCUT2D eigenvalue weighted by Crippen LogP contribution is 2.18. The first-order chi connectivity index (χ1) is 6.58. The topological polar surface area (TPSA) is 30.2 Å². The maximum atomic E-state index is 12.4. The van der Waals surface area contributed by atoms with Crippen LogP contribution in [-0.4, -0.2) is 14.6 Å². The molecule has 0 spiro atoms. The highest BCUT2D eigenvalue weighted by Gasteiger charge is 2.12. The lowest BCUT2D eigenvalue weighted by molar-refractivity contribution is 0.146. The molecule has 0 aliphatic heterocycles. The average molecular weight is 197 g/mol. The van der Waals surface area contributed by atoms with E-state index in [1.807, 2.05) is 0 Å². The van der Waals surface area contributed by atoms with Gasteiger partial charge in [0.2, 0.25) is 0 Å². The first-order valence-electron chi connectivity index (χ1n) is 4.20. The van der Waals surface area contributed by atoms with Crippen LogP contribution in [0, 0.1) is 13.8 Å². The summed E-state index contributed by atoms with van der Waals surface area (Å²) in [5, 5.41) is 4.12. The zero-order valence-electron chi connectivity index (χ0n) is 7.83. The van der Waals surface area contributed by atoms with Crippen molar-refractivity contribution in [3.63, 3.8) is 0 Å². The van der Waals surface area contributed by atoms with Crippen LogP contribution in [0.1, 0.15) is 23.5 Å². The number of nitrogens with zero attached hydrogens (tertiary/aromatic N) is 3. The van der Waals surface area contributed by atoms with Gasteiger partial charge >= 0.3 is 0 Å². The summed E-state index contributed by atoms with van der Waals surface area (Å²) in [6.07, 6.45) is -2.53. The van der Waals surface area contributed by atoms with Gasteiger partial charge in [-0.2, -0.15) is 5.10 Å². The van der Waals surface area contributed by atoms with Crippen molar-refractivity contribution < 1.29 is 8.78 Å². The fraction of sp³-hybridized carbons (Fsp3) is 0.333. The fourth-order valence-corrected chi connectivity index (χ4v) is 1.38. The molecule has 0 aliphatic carbocycles. The molecule has 74 valence electrons. The van der Waals surface area contributed by atoms with Gasteiger partial charge in [-0.3, -0.25) is 0 Å². The standard InChI is InChI=1S/C9H9F2N3/c1-5-3-8-12-7(9(10)11)4-6(2)14(8)13-5/h3-4,9H,1-2H3. The van der Waals surface area contributed by atoms with E-state index in [4.69, 9.17) is 0 Å². The fourth-order valence-electron chi connectivity index (χ4n) is 1.38. The van der Waals surface area contributed by atoms with Crippen LogP contribution in [0.2, 0.25) is 0 Å². The SMILES string of the molecule is Cc1cc2nc(C(F)F)cc(C)n2n1. The molecule has 2 aromatic heterocycles. The Morgan fingerprint density at radius 3 is 2.64 bits per heavy atom. The number of alkyl halides is 2. The predicted molar refractivity (Wildman–Crippen MR) is 47.4 cm³/mol. The van der Waals surface area contributed by atoms with Gasteiger partial charge in [-0.1, -0.05) is 0 Å². The van der Waals surface area contributed by atoms with Gasteiger partial charge in [-0.15, -0.1) is 0 Å². The molecule has 0 unspecified atom stereocenters. The van der Waals surface area contributed by atoms with Crippen molar-refractivity contribution in [1.29, 1.82) is 0 Å². The molecule has 5 heteroatoms. The van der Waals surface area contributed by atoms with Gasteiger partial charge in [0.25, 0.3) is 6.43 Å². The summed E-state index contributed by atoms with van der Waals surface area (Å²) in [5.74, 6) is 0. The van der Waals surface area contributed by atoms with Crippen LogP contribution in [0.5, 0.6) is 0 Å². The molecular weight excluding hydrogens is 188 g/mol. The molecule has 0 fully saturated rings. The van der Waals surface area contributed by atoms with Crippen molar-refractivity contribution in [1.82, 2.24) is 14.6 Å². The van der Waals surface area contributed by atoms with Gasteiger partial charge in [0, 0.05) is 11.8 Å². The first-order valence-corrected chi connectivity index (χ1v) is 4.20. The van der Waals surface area contributed by atoms with Crippen LogP contribution in [0.15, 0.2) is 12.1 Å². The Morgan fingerprint density at radius 1 is 1.29 bits per heavy atom. The summed E-state index contributed by atoms with van der Waals surface area (Å²) in [7, 11) is 0. The monoisotopic (exact) mass is 197 g/mol. The van der Waals surface area contributed by atoms with E-state index in [1.165, 1.54) is 6.07 Å². The lowest BCUT2D eigenvalue weighted by Crippen LogP contribution is -2.00. The molecule has 0 bridgehead atoms. The van der Waals surface area contributed by atoms with E-state index >= 15 is 0 Å². The molecule has 2 rings (SSSR count). The minimum atomic E-state index is -2.53. The van der Waals surface area contributed by atoms with Crippen molar-refractivity contribution in [2.45, 2.75) is 20.3 Å². The Labute approximate surface area is 79.4 Å². The lowest BCUT2D eigenvalue weighted by atomic mass is 10.3. The molecular formula is C9H9F2N3. The molecule has 0 aromatic carbocycles. The van der Waals surface area contributed by atoms with Crippen molar-refractivity contribution in [3.05, 3.63) is 29.2 Å². The zero-order valence-corrected chi connectivity index (χ0v) is 7.83. The smallest absolute Gasteiger partial charge is 0.228 e. The van der Waals surface area contributed by atoms with Crippen molar-refractivity contribution >= 4 is 5.65 Å². The highest BCUT2D eigenvalue weighted by molar-refractivity contribution is 5.41. The van der Waals surface area contributed by atoms with Crippen molar-refractivity contribution in [2.75, 3.05) is 0 Å². The molecule has 0 saturated heterocycles. The second-order valence-corrected chi connectivity index (χ2v) is 3.18. The third kappa shape index (κ3) is 1.34. The number of halogens is 2. The molecule has 0 aliphatic rings. The number of rotatable bonds is 1. The van der Waals surface area contributed by atoms with Crippen LogP contribution in [0.3, 0.4) is 0 Å². The Bertz CT molecular complexity index is 476. The predicted octanol–water partition coefficient (Wildman–Crippen LogP) is 2.28. The second-order valence-electron chi connectivity index (χ2n) is 3.18. The summed E-state index contributed by atoms with van der Waals surface area (Å²) in [6.45, 7) is 3.53. The lowest BCUT2D eigenvalue weighted by Gasteiger charge is -2.02. The normalized spacial score (nSPS) is 11.5. The maximum absolute atomic E-state index is 12.4. The molecule has 0 radical (unpaired) electrons. The van der Waals surface area contributed by atoms with E-state index in [-0.39, 0.29) is 5.69 Å². The van der Waals surface area contributed by atoms with E-state index in [9.17, 15) is 8.78 Å². The molecule has 14 heavy (non-hydrogen) atoms. The third-order valence-corrected chi connectivity index (χ3v) is 1.97. The summed E-state index contributed by atoms with van der Waals surface area (Å²) >= 11 is 0. The number of aryl methyl sites for hydroxylation is 2. The Kier molecular flexibility index (Phi) is 1.94. The highest BCUT2D eigenvalue weighted by atomic mass is 19.3. The summed E-state index contributed by atoms with van der Waals surface area (Å²) in [5.41, 5.74) is 1.71. The van der Waals surface area contributed by atoms with Gasteiger partial charge in [0.15, 0.2) is 5.65 Å². The minimum absolute atomic E-state index is 0.199. The second kappa shape index (κ2) is 3.01. The number of aromatic nitrogens is 3. The Morgan fingerprint density at radius 2 is 2.00 bits per heavy atom. The van der Waals surface area contributed by atoms with Crippen LogP contribution >= 0.6 is 0 Å². The summed E-state index contributed by atoms with van der Waals surface area (Å²) in [6, 6.07) is 3.03.